The van der Waals surface area contributed by atoms with Crippen LogP contribution in [0.25, 0.3) is 0 Å². The molecule has 0 saturated carbocycles. The molecule has 0 spiro atoms. The highest BCUT2D eigenvalue weighted by Gasteiger charge is 2.32. The van der Waals surface area contributed by atoms with E-state index in [1.54, 1.807) is 6.07 Å². The standard InChI is InChI=1S/C31H35NO4/c1-4-5-23-10-12-24(13-11-23)19-31(3)17-16-26-18-27(14-15-28(26)36-31)30(35)32(21-29(33)34)20-25-8-6-22(2)7-9-25/h6-15,18H,4-5,16-17,19-21H2,1-3H3,(H,33,34)/t31-/m0/s1. The molecule has 0 bridgehead atoms. The molecule has 36 heavy (non-hydrogen) atoms. The fraction of sp³-hybridized carbons (Fsp3) is 0.355. The molecule has 1 atom stereocenters. The van der Waals surface area contributed by atoms with Crippen LogP contribution in [0.4, 0.5) is 0 Å². The summed E-state index contributed by atoms with van der Waals surface area (Å²) < 4.78 is 6.45. The summed E-state index contributed by atoms with van der Waals surface area (Å²) in [5, 5.41) is 9.40. The molecule has 1 aliphatic heterocycles. The van der Waals surface area contributed by atoms with Gasteiger partial charge in [0.15, 0.2) is 0 Å². The summed E-state index contributed by atoms with van der Waals surface area (Å²) in [4.78, 5) is 26.2. The summed E-state index contributed by atoms with van der Waals surface area (Å²) in [5.41, 5.74) is 5.79. The Morgan fingerprint density at radius 3 is 2.31 bits per heavy atom. The smallest absolute Gasteiger partial charge is 0.323 e. The van der Waals surface area contributed by atoms with Crippen LogP contribution in [0.3, 0.4) is 0 Å². The minimum absolute atomic E-state index is 0.244. The number of carbonyl (C=O) groups is 2. The van der Waals surface area contributed by atoms with E-state index in [2.05, 4.69) is 38.1 Å². The van der Waals surface area contributed by atoms with Gasteiger partial charge in [-0.15, -0.1) is 0 Å². The number of benzene rings is 3. The van der Waals surface area contributed by atoms with E-state index in [1.165, 1.54) is 16.0 Å². The SMILES string of the molecule is CCCc1ccc(C[C@]2(C)CCc3cc(C(=O)N(CC(=O)O)Cc4ccc(C)cc4)ccc3O2)cc1. The molecule has 3 aromatic rings. The van der Waals surface area contributed by atoms with Gasteiger partial charge in [0.1, 0.15) is 17.9 Å². The van der Waals surface area contributed by atoms with Crippen molar-refractivity contribution in [1.82, 2.24) is 4.90 Å². The van der Waals surface area contributed by atoms with Gasteiger partial charge in [0.05, 0.1) is 0 Å². The topological polar surface area (TPSA) is 66.8 Å². The van der Waals surface area contributed by atoms with Crippen LogP contribution in [0.2, 0.25) is 0 Å². The number of fused-ring (bicyclic) bond motifs is 1. The van der Waals surface area contributed by atoms with Crippen molar-refractivity contribution in [3.05, 3.63) is 100 Å². The van der Waals surface area contributed by atoms with E-state index < -0.39 is 5.97 Å². The van der Waals surface area contributed by atoms with Crippen LogP contribution in [-0.4, -0.2) is 34.0 Å². The summed E-state index contributed by atoms with van der Waals surface area (Å²) >= 11 is 0. The van der Waals surface area contributed by atoms with E-state index in [1.807, 2.05) is 43.3 Å². The third-order valence-corrected chi connectivity index (χ3v) is 6.83. The van der Waals surface area contributed by atoms with Gasteiger partial charge in [0.2, 0.25) is 0 Å². The van der Waals surface area contributed by atoms with Gasteiger partial charge in [-0.1, -0.05) is 67.4 Å². The number of ether oxygens (including phenoxy) is 1. The first-order valence-electron chi connectivity index (χ1n) is 12.7. The Kier molecular flexibility index (Phi) is 7.78. The van der Waals surface area contributed by atoms with Gasteiger partial charge >= 0.3 is 5.97 Å². The van der Waals surface area contributed by atoms with E-state index >= 15 is 0 Å². The number of carbonyl (C=O) groups excluding carboxylic acids is 1. The number of carboxylic acid groups (broad SMARTS) is 1. The van der Waals surface area contributed by atoms with Crippen molar-refractivity contribution < 1.29 is 19.4 Å². The number of aliphatic carboxylic acids is 1. The minimum atomic E-state index is -1.03. The largest absolute Gasteiger partial charge is 0.487 e. The number of hydrogen-bond acceptors (Lipinski definition) is 3. The second-order valence-electron chi connectivity index (χ2n) is 10.2. The maximum Gasteiger partial charge on any atom is 0.323 e. The normalized spacial score (nSPS) is 16.6. The molecular formula is C31H35NO4. The van der Waals surface area contributed by atoms with Crippen LogP contribution >= 0.6 is 0 Å². The van der Waals surface area contributed by atoms with Crippen LogP contribution in [0.15, 0.2) is 66.7 Å². The Morgan fingerprint density at radius 2 is 1.64 bits per heavy atom. The lowest BCUT2D eigenvalue weighted by atomic mass is 9.86. The quantitative estimate of drug-likeness (QED) is 0.404. The third kappa shape index (κ3) is 6.34. The first-order chi connectivity index (χ1) is 17.2. The van der Waals surface area contributed by atoms with Crippen molar-refractivity contribution in [3.63, 3.8) is 0 Å². The summed E-state index contributed by atoms with van der Waals surface area (Å²) in [5.74, 6) is -0.525. The summed E-state index contributed by atoms with van der Waals surface area (Å²) in [7, 11) is 0. The lowest BCUT2D eigenvalue weighted by Gasteiger charge is -2.36. The Hall–Kier alpha value is -3.60. The predicted molar refractivity (Wildman–Crippen MR) is 141 cm³/mol. The molecule has 0 aromatic heterocycles. The summed E-state index contributed by atoms with van der Waals surface area (Å²) in [6.07, 6.45) is 4.70. The van der Waals surface area contributed by atoms with Crippen molar-refractivity contribution >= 4 is 11.9 Å². The van der Waals surface area contributed by atoms with Crippen LogP contribution < -0.4 is 4.74 Å². The highest BCUT2D eigenvalue weighted by atomic mass is 16.5. The van der Waals surface area contributed by atoms with E-state index in [0.29, 0.717) is 5.56 Å². The number of rotatable bonds is 9. The first-order valence-corrected chi connectivity index (χ1v) is 12.7. The average Bonchev–Trinajstić information content (AvgIpc) is 2.85. The molecule has 188 valence electrons. The van der Waals surface area contributed by atoms with Crippen LogP contribution in [0.1, 0.15) is 64.9 Å². The number of carboxylic acids is 1. The Balaban J connectivity index is 1.47. The molecule has 1 amide bonds. The molecule has 0 aliphatic carbocycles. The maximum absolute atomic E-state index is 13.3. The zero-order valence-electron chi connectivity index (χ0n) is 21.4. The molecule has 0 fully saturated rings. The molecule has 1 N–H and O–H groups in total. The molecule has 5 nitrogen and oxygen atoms in total. The number of amides is 1. The second kappa shape index (κ2) is 11.0. The fourth-order valence-electron chi connectivity index (χ4n) is 4.85. The Labute approximate surface area is 213 Å². The van der Waals surface area contributed by atoms with Crippen molar-refractivity contribution in [3.8, 4) is 5.75 Å². The van der Waals surface area contributed by atoms with Crippen molar-refractivity contribution in [2.75, 3.05) is 6.54 Å². The van der Waals surface area contributed by atoms with Gasteiger partial charge in [0.25, 0.3) is 5.91 Å². The molecule has 0 unspecified atom stereocenters. The number of aryl methyl sites for hydroxylation is 3. The minimum Gasteiger partial charge on any atom is -0.487 e. The van der Waals surface area contributed by atoms with Gasteiger partial charge in [-0.05, 0) is 73.6 Å². The molecule has 0 radical (unpaired) electrons. The van der Waals surface area contributed by atoms with E-state index in [0.717, 1.165) is 54.5 Å². The Morgan fingerprint density at radius 1 is 0.972 bits per heavy atom. The molecule has 0 saturated heterocycles. The molecular weight excluding hydrogens is 450 g/mol. The first kappa shape index (κ1) is 25.5. The zero-order chi connectivity index (χ0) is 25.7. The summed E-state index contributed by atoms with van der Waals surface area (Å²) in [6.45, 7) is 6.22. The molecule has 5 heteroatoms. The molecule has 3 aromatic carbocycles. The van der Waals surface area contributed by atoms with Crippen molar-refractivity contribution in [2.45, 2.75) is 65.0 Å². The molecule has 1 heterocycles. The van der Waals surface area contributed by atoms with Gasteiger partial charge < -0.3 is 14.7 Å². The highest BCUT2D eigenvalue weighted by Crippen LogP contribution is 2.36. The van der Waals surface area contributed by atoms with Gasteiger partial charge in [-0.2, -0.15) is 0 Å². The van der Waals surface area contributed by atoms with Crippen molar-refractivity contribution in [2.24, 2.45) is 0 Å². The zero-order valence-corrected chi connectivity index (χ0v) is 21.4. The summed E-state index contributed by atoms with van der Waals surface area (Å²) in [6, 6.07) is 22.0. The maximum atomic E-state index is 13.3. The van der Waals surface area contributed by atoms with E-state index in [-0.39, 0.29) is 24.6 Å². The fourth-order valence-corrected chi connectivity index (χ4v) is 4.85. The number of nitrogens with zero attached hydrogens (tertiary/aromatic N) is 1. The third-order valence-electron chi connectivity index (χ3n) is 6.83. The number of hydrogen-bond donors (Lipinski definition) is 1. The Bertz CT molecular complexity index is 1220. The van der Waals surface area contributed by atoms with E-state index in [9.17, 15) is 14.7 Å². The molecule has 1 aliphatic rings. The van der Waals surface area contributed by atoms with E-state index in [4.69, 9.17) is 4.74 Å². The predicted octanol–water partition coefficient (Wildman–Crippen LogP) is 6.00. The average molecular weight is 486 g/mol. The lowest BCUT2D eigenvalue weighted by molar-refractivity contribution is -0.137. The van der Waals surface area contributed by atoms with Gasteiger partial charge in [-0.3, -0.25) is 9.59 Å². The van der Waals surface area contributed by atoms with Crippen LogP contribution in [-0.2, 0) is 30.6 Å². The monoisotopic (exact) mass is 485 g/mol. The van der Waals surface area contributed by atoms with Gasteiger partial charge in [-0.25, -0.2) is 0 Å². The van der Waals surface area contributed by atoms with Gasteiger partial charge in [0, 0.05) is 18.5 Å². The van der Waals surface area contributed by atoms with Crippen LogP contribution in [0, 0.1) is 6.92 Å². The van der Waals surface area contributed by atoms with Crippen molar-refractivity contribution in [1.29, 1.82) is 0 Å². The highest BCUT2D eigenvalue weighted by molar-refractivity contribution is 5.96. The van der Waals surface area contributed by atoms with Crippen LogP contribution in [0.5, 0.6) is 5.75 Å². The molecule has 4 rings (SSSR count). The second-order valence-corrected chi connectivity index (χ2v) is 10.2. The lowest BCUT2D eigenvalue weighted by Crippen LogP contribution is -2.39.